The summed E-state index contributed by atoms with van der Waals surface area (Å²) in [6.07, 6.45) is -0.561. The van der Waals surface area contributed by atoms with E-state index in [1.54, 1.807) is 0 Å². The Kier molecular flexibility index (Phi) is 5.75. The Morgan fingerprint density at radius 3 is 2.48 bits per heavy atom. The van der Waals surface area contributed by atoms with Crippen LogP contribution in [0.15, 0.2) is 34.3 Å². The summed E-state index contributed by atoms with van der Waals surface area (Å²) in [4.78, 5) is 39.2. The van der Waals surface area contributed by atoms with Crippen LogP contribution in [0.4, 0.5) is 10.5 Å². The molecule has 1 fully saturated rings. The van der Waals surface area contributed by atoms with Crippen LogP contribution < -0.4 is 20.9 Å². The molecule has 13 heteroatoms. The fourth-order valence-electron chi connectivity index (χ4n) is 2.43. The number of nitrogens with zero attached hydrogens (tertiary/aromatic N) is 2. The summed E-state index contributed by atoms with van der Waals surface area (Å²) < 4.78 is 5.54. The van der Waals surface area contributed by atoms with Crippen molar-refractivity contribution in [3.05, 3.63) is 34.1 Å². The molecule has 1 aromatic carbocycles. The zero-order valence-corrected chi connectivity index (χ0v) is 16.5. The molecule has 0 bridgehead atoms. The lowest BCUT2D eigenvalue weighted by atomic mass is 9.90. The van der Waals surface area contributed by atoms with Crippen LogP contribution in [0.1, 0.15) is 13.8 Å². The van der Waals surface area contributed by atoms with Crippen molar-refractivity contribution in [1.82, 2.24) is 10.8 Å². The average molecular weight is 444 g/mol. The number of hydrogen-bond acceptors (Lipinski definition) is 8. The second-order valence-corrected chi connectivity index (χ2v) is 7.43. The molecule has 154 valence electrons. The molecule has 2 heterocycles. The average Bonchev–Trinajstić information content (AvgIpc) is 3.05. The first-order valence-corrected chi connectivity index (χ1v) is 8.90. The highest BCUT2D eigenvalue weighted by Gasteiger charge is 2.35. The molecule has 29 heavy (non-hydrogen) atoms. The SMILES string of the molecule is CC(C)(O)C1C=C(Oc2c(Cl)cc(NC(=O)C3NOC(=O)N3)cc2Cl)N=NC1=O. The van der Waals surface area contributed by atoms with Crippen LogP contribution in [0.5, 0.6) is 5.75 Å². The summed E-state index contributed by atoms with van der Waals surface area (Å²) in [6.45, 7) is 2.91. The molecule has 0 aromatic heterocycles. The molecule has 0 aliphatic carbocycles. The van der Waals surface area contributed by atoms with Crippen molar-refractivity contribution in [3.8, 4) is 5.75 Å². The molecule has 2 atom stereocenters. The summed E-state index contributed by atoms with van der Waals surface area (Å²) in [6, 6.07) is 2.72. The Morgan fingerprint density at radius 2 is 1.93 bits per heavy atom. The molecule has 3 rings (SSSR count). The van der Waals surface area contributed by atoms with E-state index in [4.69, 9.17) is 27.9 Å². The minimum atomic E-state index is -1.37. The Morgan fingerprint density at radius 1 is 1.28 bits per heavy atom. The van der Waals surface area contributed by atoms with E-state index in [1.807, 2.05) is 0 Å². The highest BCUT2D eigenvalue weighted by Crippen LogP contribution is 2.38. The minimum Gasteiger partial charge on any atom is -0.435 e. The molecular weight excluding hydrogens is 429 g/mol. The first kappa shape index (κ1) is 21.0. The first-order valence-electron chi connectivity index (χ1n) is 8.15. The highest BCUT2D eigenvalue weighted by atomic mass is 35.5. The Labute approximate surface area is 174 Å². The van der Waals surface area contributed by atoms with Gasteiger partial charge in [-0.3, -0.25) is 14.9 Å². The predicted octanol–water partition coefficient (Wildman–Crippen LogP) is 2.10. The third kappa shape index (κ3) is 4.82. The van der Waals surface area contributed by atoms with Crippen LogP contribution in [0.2, 0.25) is 10.0 Å². The maximum atomic E-state index is 12.1. The number of ether oxygens (including phenoxy) is 1. The van der Waals surface area contributed by atoms with Crippen LogP contribution in [-0.4, -0.2) is 34.8 Å². The summed E-state index contributed by atoms with van der Waals surface area (Å²) in [5.74, 6) is -2.26. The fraction of sp³-hybridized carbons (Fsp3) is 0.312. The van der Waals surface area contributed by atoms with Gasteiger partial charge in [0.05, 0.1) is 21.6 Å². The molecule has 2 aliphatic rings. The van der Waals surface area contributed by atoms with Crippen LogP contribution in [0.25, 0.3) is 0 Å². The van der Waals surface area contributed by atoms with Crippen LogP contribution in [-0.2, 0) is 14.4 Å². The molecule has 0 radical (unpaired) electrons. The normalized spacial score (nSPS) is 21.3. The zero-order valence-electron chi connectivity index (χ0n) is 15.0. The lowest BCUT2D eigenvalue weighted by Gasteiger charge is -2.25. The van der Waals surface area contributed by atoms with Gasteiger partial charge in [0.25, 0.3) is 11.8 Å². The number of carbonyl (C=O) groups is 3. The highest BCUT2D eigenvalue weighted by molar-refractivity contribution is 6.37. The lowest BCUT2D eigenvalue weighted by molar-refractivity contribution is -0.127. The fourth-order valence-corrected chi connectivity index (χ4v) is 2.99. The summed E-state index contributed by atoms with van der Waals surface area (Å²) in [5.41, 5.74) is 1.05. The van der Waals surface area contributed by atoms with E-state index in [9.17, 15) is 19.5 Å². The maximum absolute atomic E-state index is 12.1. The summed E-state index contributed by atoms with van der Waals surface area (Å²) in [7, 11) is 0. The van der Waals surface area contributed by atoms with E-state index in [0.29, 0.717) is 0 Å². The molecule has 2 aliphatic heterocycles. The number of nitrogens with one attached hydrogen (secondary N) is 3. The second-order valence-electron chi connectivity index (χ2n) is 6.62. The first-order chi connectivity index (χ1) is 13.5. The number of carbonyl (C=O) groups excluding carboxylic acids is 3. The van der Waals surface area contributed by atoms with Crippen molar-refractivity contribution in [3.63, 3.8) is 0 Å². The third-order valence-corrected chi connectivity index (χ3v) is 4.41. The van der Waals surface area contributed by atoms with Crippen molar-refractivity contribution in [2.45, 2.75) is 25.6 Å². The van der Waals surface area contributed by atoms with Gasteiger partial charge in [0.2, 0.25) is 5.88 Å². The van der Waals surface area contributed by atoms with Gasteiger partial charge >= 0.3 is 6.09 Å². The van der Waals surface area contributed by atoms with E-state index in [0.717, 1.165) is 0 Å². The second kappa shape index (κ2) is 7.95. The number of halogens is 2. The smallest absolute Gasteiger partial charge is 0.427 e. The van der Waals surface area contributed by atoms with Crippen molar-refractivity contribution in [2.24, 2.45) is 16.1 Å². The predicted molar refractivity (Wildman–Crippen MR) is 100.0 cm³/mol. The summed E-state index contributed by atoms with van der Waals surface area (Å²) >= 11 is 12.4. The van der Waals surface area contributed by atoms with Crippen LogP contribution in [0, 0.1) is 5.92 Å². The molecule has 0 saturated carbocycles. The number of anilines is 1. The van der Waals surface area contributed by atoms with Gasteiger partial charge in [-0.1, -0.05) is 23.2 Å². The molecule has 3 amide bonds. The third-order valence-electron chi connectivity index (χ3n) is 3.85. The molecule has 1 aromatic rings. The number of azo groups is 1. The summed E-state index contributed by atoms with van der Waals surface area (Å²) in [5, 5.41) is 22.0. The molecular formula is C16H15Cl2N5O6. The number of aliphatic hydroxyl groups is 1. The zero-order chi connectivity index (χ0) is 21.3. The van der Waals surface area contributed by atoms with Gasteiger partial charge in [-0.05, 0) is 32.1 Å². The molecule has 4 N–H and O–H groups in total. The van der Waals surface area contributed by atoms with E-state index >= 15 is 0 Å². The standard InChI is InChI=1S/C16H15Cl2N5O6/c1-16(2,27)7-5-10(21-22-13(7)24)28-11-8(17)3-6(4-9(11)18)19-14(25)12-20-15(26)29-23-12/h3-5,7,12,23,27H,1-2H3,(H,19,25)(H,20,26). The lowest BCUT2D eigenvalue weighted by Crippen LogP contribution is -2.43. The number of amides is 3. The molecule has 2 unspecified atom stereocenters. The van der Waals surface area contributed by atoms with Gasteiger partial charge in [0, 0.05) is 5.69 Å². The van der Waals surface area contributed by atoms with Crippen molar-refractivity contribution in [2.75, 3.05) is 5.32 Å². The van der Waals surface area contributed by atoms with Gasteiger partial charge < -0.3 is 20.0 Å². The monoisotopic (exact) mass is 443 g/mol. The van der Waals surface area contributed by atoms with E-state index < -0.39 is 35.6 Å². The van der Waals surface area contributed by atoms with E-state index in [2.05, 4.69) is 31.2 Å². The largest absolute Gasteiger partial charge is 0.435 e. The molecule has 0 spiro atoms. The maximum Gasteiger partial charge on any atom is 0.427 e. The Balaban J connectivity index is 1.76. The number of rotatable bonds is 5. The molecule has 11 nitrogen and oxygen atoms in total. The van der Waals surface area contributed by atoms with Gasteiger partial charge in [-0.2, -0.15) is 0 Å². The van der Waals surface area contributed by atoms with Crippen molar-refractivity contribution < 1.29 is 29.1 Å². The van der Waals surface area contributed by atoms with Crippen LogP contribution >= 0.6 is 23.2 Å². The Bertz CT molecular complexity index is 919. The quantitative estimate of drug-likeness (QED) is 0.543. The topological polar surface area (TPSA) is 151 Å². The van der Waals surface area contributed by atoms with Gasteiger partial charge in [-0.25, -0.2) is 4.79 Å². The van der Waals surface area contributed by atoms with Crippen LogP contribution in [0.3, 0.4) is 0 Å². The number of benzene rings is 1. The minimum absolute atomic E-state index is 0.0102. The van der Waals surface area contributed by atoms with Crippen molar-refractivity contribution in [1.29, 1.82) is 0 Å². The number of hydroxylamine groups is 1. The van der Waals surface area contributed by atoms with E-state index in [1.165, 1.54) is 32.1 Å². The van der Waals surface area contributed by atoms with Gasteiger partial charge in [0.1, 0.15) is 0 Å². The van der Waals surface area contributed by atoms with Gasteiger partial charge in [0.15, 0.2) is 11.9 Å². The number of hydrogen-bond donors (Lipinski definition) is 4. The van der Waals surface area contributed by atoms with Crippen molar-refractivity contribution >= 4 is 46.8 Å². The Hall–Kier alpha value is -2.73. The van der Waals surface area contributed by atoms with E-state index in [-0.39, 0.29) is 27.4 Å². The molecule has 1 saturated heterocycles. The van der Waals surface area contributed by atoms with Gasteiger partial charge in [-0.15, -0.1) is 15.7 Å².